The van der Waals surface area contributed by atoms with Crippen LogP contribution in [0.4, 0.5) is 5.82 Å². The Bertz CT molecular complexity index is 1030. The maximum absolute atomic E-state index is 12.3. The average Bonchev–Trinajstić information content (AvgIpc) is 3.23. The van der Waals surface area contributed by atoms with E-state index in [1.807, 2.05) is 35.6 Å². The van der Waals surface area contributed by atoms with Gasteiger partial charge in [-0.2, -0.15) is 0 Å². The summed E-state index contributed by atoms with van der Waals surface area (Å²) in [5.41, 5.74) is 1.83. The van der Waals surface area contributed by atoms with Crippen LogP contribution in [0.15, 0.2) is 40.0 Å². The van der Waals surface area contributed by atoms with E-state index in [0.29, 0.717) is 22.5 Å². The Balaban J connectivity index is 1.58. The Morgan fingerprint density at radius 3 is 3.04 bits per heavy atom. The molecule has 0 spiro atoms. The SMILES string of the molecule is Cc1cc(NC(=O)[C@H](C)Sc2n[nH]c3nc4ccccc4n23)no1. The Hall–Kier alpha value is -2.81. The summed E-state index contributed by atoms with van der Waals surface area (Å²) in [6.07, 6.45) is 0. The molecule has 122 valence electrons. The molecule has 0 unspecified atom stereocenters. The number of carbonyl (C=O) groups is 1. The number of rotatable bonds is 4. The van der Waals surface area contributed by atoms with Gasteiger partial charge < -0.3 is 9.84 Å². The molecule has 1 amide bonds. The van der Waals surface area contributed by atoms with Crippen LogP contribution in [0.3, 0.4) is 0 Å². The second-order valence-electron chi connectivity index (χ2n) is 5.34. The number of imidazole rings is 1. The van der Waals surface area contributed by atoms with E-state index >= 15 is 0 Å². The molecule has 0 saturated heterocycles. The summed E-state index contributed by atoms with van der Waals surface area (Å²) >= 11 is 1.34. The van der Waals surface area contributed by atoms with Gasteiger partial charge >= 0.3 is 0 Å². The minimum atomic E-state index is -0.366. The Morgan fingerprint density at radius 2 is 2.25 bits per heavy atom. The number of anilines is 1. The van der Waals surface area contributed by atoms with E-state index in [-0.39, 0.29) is 11.2 Å². The van der Waals surface area contributed by atoms with Crippen molar-refractivity contribution in [1.29, 1.82) is 0 Å². The van der Waals surface area contributed by atoms with Crippen LogP contribution in [0.25, 0.3) is 16.8 Å². The largest absolute Gasteiger partial charge is 0.360 e. The minimum Gasteiger partial charge on any atom is -0.360 e. The van der Waals surface area contributed by atoms with Crippen molar-refractivity contribution in [2.45, 2.75) is 24.3 Å². The number of amides is 1. The average molecular weight is 342 g/mol. The molecule has 24 heavy (non-hydrogen) atoms. The number of fused-ring (bicyclic) bond motifs is 3. The molecule has 3 aromatic heterocycles. The Morgan fingerprint density at radius 1 is 1.42 bits per heavy atom. The van der Waals surface area contributed by atoms with Crippen LogP contribution in [-0.2, 0) is 4.79 Å². The predicted molar refractivity (Wildman–Crippen MR) is 90.0 cm³/mol. The molecule has 0 radical (unpaired) electrons. The molecule has 0 aliphatic heterocycles. The first-order chi connectivity index (χ1) is 11.6. The van der Waals surface area contributed by atoms with E-state index in [0.717, 1.165) is 11.0 Å². The fraction of sp³-hybridized carbons (Fsp3) is 0.200. The number of H-pyrrole nitrogens is 1. The van der Waals surface area contributed by atoms with Crippen molar-refractivity contribution in [2.24, 2.45) is 0 Å². The fourth-order valence-electron chi connectivity index (χ4n) is 2.39. The van der Waals surface area contributed by atoms with Gasteiger partial charge in [-0.3, -0.25) is 9.20 Å². The molecule has 0 saturated carbocycles. The molecular weight excluding hydrogens is 328 g/mol. The van der Waals surface area contributed by atoms with Gasteiger partial charge in [0.2, 0.25) is 11.7 Å². The summed E-state index contributed by atoms with van der Waals surface area (Å²) in [6, 6.07) is 9.46. The van der Waals surface area contributed by atoms with E-state index in [9.17, 15) is 4.79 Å². The molecule has 4 rings (SSSR count). The van der Waals surface area contributed by atoms with Crippen molar-refractivity contribution in [3.05, 3.63) is 36.1 Å². The number of para-hydroxylation sites is 2. The zero-order valence-electron chi connectivity index (χ0n) is 13.0. The number of aryl methyl sites for hydroxylation is 1. The van der Waals surface area contributed by atoms with Crippen molar-refractivity contribution >= 4 is 40.3 Å². The lowest BCUT2D eigenvalue weighted by Gasteiger charge is -2.08. The topological polar surface area (TPSA) is 101 Å². The molecule has 2 N–H and O–H groups in total. The van der Waals surface area contributed by atoms with Crippen LogP contribution in [-0.4, -0.2) is 35.9 Å². The number of carbonyl (C=O) groups excluding carboxylic acids is 1. The van der Waals surface area contributed by atoms with E-state index < -0.39 is 0 Å². The third kappa shape index (κ3) is 2.52. The van der Waals surface area contributed by atoms with Crippen molar-refractivity contribution in [3.8, 4) is 0 Å². The number of benzene rings is 1. The van der Waals surface area contributed by atoms with Crippen LogP contribution < -0.4 is 5.32 Å². The first kappa shape index (κ1) is 14.8. The van der Waals surface area contributed by atoms with Crippen LogP contribution >= 0.6 is 11.8 Å². The highest BCUT2D eigenvalue weighted by molar-refractivity contribution is 8.00. The number of nitrogens with one attached hydrogen (secondary N) is 2. The predicted octanol–water partition coefficient (Wildman–Crippen LogP) is 2.63. The van der Waals surface area contributed by atoms with E-state index in [2.05, 4.69) is 25.7 Å². The summed E-state index contributed by atoms with van der Waals surface area (Å²) < 4.78 is 6.85. The maximum Gasteiger partial charge on any atom is 0.238 e. The molecular formula is C15H14N6O2S. The van der Waals surface area contributed by atoms with Crippen molar-refractivity contribution in [1.82, 2.24) is 24.7 Å². The Kier molecular flexibility index (Phi) is 3.49. The molecule has 8 nitrogen and oxygen atoms in total. The first-order valence-corrected chi connectivity index (χ1v) is 8.22. The second-order valence-corrected chi connectivity index (χ2v) is 6.65. The van der Waals surface area contributed by atoms with Crippen LogP contribution in [0.1, 0.15) is 12.7 Å². The normalized spacial score (nSPS) is 12.8. The van der Waals surface area contributed by atoms with Gasteiger partial charge in [0, 0.05) is 6.07 Å². The number of hydrogen-bond donors (Lipinski definition) is 2. The lowest BCUT2D eigenvalue weighted by molar-refractivity contribution is -0.115. The zero-order chi connectivity index (χ0) is 16.7. The molecule has 3 heterocycles. The third-order valence-corrected chi connectivity index (χ3v) is 4.59. The van der Waals surface area contributed by atoms with Crippen LogP contribution in [0, 0.1) is 6.92 Å². The van der Waals surface area contributed by atoms with Crippen molar-refractivity contribution in [3.63, 3.8) is 0 Å². The van der Waals surface area contributed by atoms with Gasteiger partial charge in [0.05, 0.1) is 16.3 Å². The molecule has 9 heteroatoms. The number of nitrogens with zero attached hydrogens (tertiary/aromatic N) is 4. The first-order valence-electron chi connectivity index (χ1n) is 7.34. The summed E-state index contributed by atoms with van der Waals surface area (Å²) in [6.45, 7) is 3.58. The van der Waals surface area contributed by atoms with Crippen molar-refractivity contribution in [2.75, 3.05) is 5.32 Å². The molecule has 4 aromatic rings. The number of thioether (sulfide) groups is 1. The van der Waals surface area contributed by atoms with E-state index in [4.69, 9.17) is 4.52 Å². The van der Waals surface area contributed by atoms with Gasteiger partial charge in [-0.1, -0.05) is 29.1 Å². The zero-order valence-corrected chi connectivity index (χ0v) is 13.8. The molecule has 0 aliphatic carbocycles. The lowest BCUT2D eigenvalue weighted by Crippen LogP contribution is -2.22. The highest BCUT2D eigenvalue weighted by Gasteiger charge is 2.20. The Labute approximate surface area is 140 Å². The summed E-state index contributed by atoms with van der Waals surface area (Å²) in [4.78, 5) is 16.8. The smallest absolute Gasteiger partial charge is 0.238 e. The van der Waals surface area contributed by atoms with Gasteiger partial charge in [0.25, 0.3) is 0 Å². The van der Waals surface area contributed by atoms with Gasteiger partial charge in [-0.05, 0) is 26.0 Å². The molecule has 1 atom stereocenters. The minimum absolute atomic E-state index is 0.172. The van der Waals surface area contributed by atoms with E-state index in [1.54, 1.807) is 13.0 Å². The maximum atomic E-state index is 12.3. The quantitative estimate of drug-likeness (QED) is 0.553. The van der Waals surface area contributed by atoms with Gasteiger partial charge in [-0.15, -0.1) is 5.10 Å². The fourth-order valence-corrected chi connectivity index (χ4v) is 3.26. The molecule has 1 aromatic carbocycles. The van der Waals surface area contributed by atoms with Gasteiger partial charge in [-0.25, -0.2) is 10.1 Å². The standard InChI is InChI=1S/C15H14N6O2S/c1-8-7-12(20-23-8)17-13(22)9(2)24-15-19-18-14-16-10-5-3-4-6-11(10)21(14)15/h3-7,9H,1-2H3,(H,16,18)(H,17,20,22)/t9-/m0/s1. The number of hydrogen-bond acceptors (Lipinski definition) is 6. The van der Waals surface area contributed by atoms with Crippen LogP contribution in [0.2, 0.25) is 0 Å². The summed E-state index contributed by atoms with van der Waals surface area (Å²) in [7, 11) is 0. The number of aromatic amines is 1. The molecule has 0 aliphatic rings. The van der Waals surface area contributed by atoms with Crippen LogP contribution in [0.5, 0.6) is 0 Å². The monoisotopic (exact) mass is 342 g/mol. The number of aromatic nitrogens is 5. The van der Waals surface area contributed by atoms with Gasteiger partial charge in [0.15, 0.2) is 11.0 Å². The molecule has 0 bridgehead atoms. The third-order valence-electron chi connectivity index (χ3n) is 3.53. The highest BCUT2D eigenvalue weighted by Crippen LogP contribution is 2.26. The lowest BCUT2D eigenvalue weighted by atomic mass is 10.3. The summed E-state index contributed by atoms with van der Waals surface area (Å²) in [5, 5.41) is 14.0. The highest BCUT2D eigenvalue weighted by atomic mass is 32.2. The second kappa shape index (κ2) is 5.68. The molecule has 0 fully saturated rings. The van der Waals surface area contributed by atoms with E-state index in [1.165, 1.54) is 11.8 Å². The summed E-state index contributed by atoms with van der Waals surface area (Å²) in [5.74, 6) is 1.53. The van der Waals surface area contributed by atoms with Crippen molar-refractivity contribution < 1.29 is 9.32 Å². The van der Waals surface area contributed by atoms with Gasteiger partial charge in [0.1, 0.15) is 5.76 Å².